The van der Waals surface area contributed by atoms with Crippen molar-refractivity contribution in [2.75, 3.05) is 0 Å². The molecule has 2 aromatic rings. The zero-order valence-corrected chi connectivity index (χ0v) is 11.1. The van der Waals surface area contributed by atoms with E-state index in [1.165, 1.54) is 36.4 Å². The summed E-state index contributed by atoms with van der Waals surface area (Å²) in [5, 5.41) is 19.2. The monoisotopic (exact) mass is 386 g/mol. The van der Waals surface area contributed by atoms with Gasteiger partial charge in [0.25, 0.3) is 0 Å². The first kappa shape index (κ1) is 24.9. The van der Waals surface area contributed by atoms with Crippen LogP contribution in [0.4, 0.5) is 13.6 Å². The van der Waals surface area contributed by atoms with Crippen molar-refractivity contribution in [2.45, 2.75) is 0 Å². The number of hydrogen-bond acceptors (Lipinski definition) is 5. The third kappa shape index (κ3) is 7.25. The molecule has 2 N–H and O–H groups in total. The molecule has 0 saturated carbocycles. The molecule has 0 heterocycles. The summed E-state index contributed by atoms with van der Waals surface area (Å²) in [6.07, 6.45) is -1.48. The Bertz CT molecular complexity index is 625. The van der Waals surface area contributed by atoms with Crippen molar-refractivity contribution in [3.8, 4) is 0 Å². The van der Waals surface area contributed by atoms with E-state index in [0.29, 0.717) is 0 Å². The van der Waals surface area contributed by atoms with Crippen molar-refractivity contribution in [3.63, 3.8) is 0 Å². The molecule has 0 spiro atoms. The fourth-order valence-electron chi connectivity index (χ4n) is 1.69. The van der Waals surface area contributed by atoms with Gasteiger partial charge in [0.1, 0.15) is 11.6 Å². The van der Waals surface area contributed by atoms with Crippen molar-refractivity contribution in [1.82, 2.24) is 0 Å². The molecular weight excluding hydrogens is 374 g/mol. The average molecular weight is 386 g/mol. The van der Waals surface area contributed by atoms with Gasteiger partial charge >= 0.3 is 123 Å². The first-order valence-electron chi connectivity index (χ1n) is 6.21. The fraction of sp³-hybridized carbons (Fsp3) is 0. The third-order valence-corrected chi connectivity index (χ3v) is 2.76. The first-order valence-corrected chi connectivity index (χ1v) is 6.21. The van der Waals surface area contributed by atoms with Gasteiger partial charge in [-0.1, -0.05) is 36.4 Å². The van der Waals surface area contributed by atoms with Crippen molar-refractivity contribution in [2.24, 2.45) is 0 Å². The van der Waals surface area contributed by atoms with Crippen LogP contribution in [0, 0.1) is 11.6 Å². The Morgan fingerprint density at radius 2 is 1.12 bits per heavy atom. The molecule has 11 heteroatoms. The van der Waals surface area contributed by atoms with Crippen LogP contribution in [0.25, 0.3) is 0 Å². The van der Waals surface area contributed by atoms with Crippen LogP contribution in [-0.2, 0) is 9.31 Å². The van der Waals surface area contributed by atoms with Crippen molar-refractivity contribution in [3.05, 3.63) is 60.2 Å². The predicted octanol–water partition coefficient (Wildman–Crippen LogP) is -1.10. The van der Waals surface area contributed by atoms with E-state index < -0.39 is 32.0 Å². The summed E-state index contributed by atoms with van der Waals surface area (Å²) in [6.45, 7) is 0. The topological polar surface area (TPSA) is 76.0 Å². The first-order chi connectivity index (χ1) is 10.5. The van der Waals surface area contributed by atoms with Gasteiger partial charge < -0.3 is 19.4 Å². The molecule has 0 unspecified atom stereocenters. The number of carbonyl (C=O) groups is 1. The number of rotatable bonds is 4. The molecule has 0 radical (unpaired) electrons. The summed E-state index contributed by atoms with van der Waals surface area (Å²) in [4.78, 5) is 11.4. The van der Waals surface area contributed by atoms with Crippen LogP contribution in [0.2, 0.25) is 0 Å². The number of benzene rings is 2. The van der Waals surface area contributed by atoms with Gasteiger partial charge in [-0.25, -0.2) is 13.6 Å². The number of hydrogen-bond donors (Lipinski definition) is 2. The normalized spacial score (nSPS) is 9.17. The van der Waals surface area contributed by atoms with Gasteiger partial charge in [-0.05, 0) is 12.1 Å². The summed E-state index contributed by atoms with van der Waals surface area (Å²) >= 11 is 0. The van der Waals surface area contributed by atoms with Gasteiger partial charge in [-0.3, -0.25) is 0 Å². The maximum atomic E-state index is 13.4. The molecule has 5 nitrogen and oxygen atoms in total. The fourth-order valence-corrected chi connectivity index (χ4v) is 1.69. The molecule has 116 valence electrons. The van der Waals surface area contributed by atoms with E-state index >= 15 is 0 Å². The summed E-state index contributed by atoms with van der Waals surface area (Å²) in [6, 6.07) is 10.2. The van der Waals surface area contributed by atoms with Gasteiger partial charge in [0, 0.05) is 10.9 Å². The zero-order valence-electron chi connectivity index (χ0n) is 11.1. The molecule has 24 heavy (non-hydrogen) atoms. The Morgan fingerprint density at radius 1 is 0.792 bits per heavy atom. The van der Waals surface area contributed by atoms with E-state index in [9.17, 15) is 23.6 Å². The van der Waals surface area contributed by atoms with E-state index in [1.54, 1.807) is 0 Å². The number of halogens is 2. The zero-order chi connectivity index (χ0) is 16.1. The molecule has 2 rings (SSSR count). The van der Waals surface area contributed by atoms with E-state index in [0.717, 1.165) is 12.1 Å². The van der Waals surface area contributed by atoms with Gasteiger partial charge in [0.05, 0.1) is 0 Å². The molecule has 0 aliphatic heterocycles. The van der Waals surface area contributed by atoms with Gasteiger partial charge in [0.15, 0.2) is 0 Å². The third-order valence-electron chi connectivity index (χ3n) is 2.76. The minimum atomic E-state index is -1.92. The van der Waals surface area contributed by atoms with Crippen LogP contribution in [-0.4, -0.2) is 133 Å². The Balaban J connectivity index is 0.00000264. The molecule has 0 saturated heterocycles. The molecule has 0 aromatic heterocycles. The molecule has 0 atom stereocenters. The van der Waals surface area contributed by atoms with Crippen LogP contribution < -0.4 is 10.9 Å². The summed E-state index contributed by atoms with van der Waals surface area (Å²) in [5.74, 6) is -1.56. The van der Waals surface area contributed by atoms with Crippen LogP contribution in [0.1, 0.15) is 0 Å². The molecule has 0 aliphatic rings. The standard InChI is InChI=1S/C13H10B2F2O5.2K.2H/c16-11-7-3-1-5-9(11)14(19)21-13(18)22-15(20)10-6-2-4-8-12(10)17;;;;/h1-8,19-20H;;;;. The maximum absolute atomic E-state index is 13.4. The minimum absolute atomic E-state index is 0. The Hall–Kier alpha value is 0.893. The van der Waals surface area contributed by atoms with Crippen molar-refractivity contribution in [1.29, 1.82) is 0 Å². The van der Waals surface area contributed by atoms with Gasteiger partial charge in [-0.15, -0.1) is 0 Å². The number of carbonyl (C=O) groups excluding carboxylic acids is 1. The van der Waals surface area contributed by atoms with Crippen LogP contribution in [0.5, 0.6) is 0 Å². The average Bonchev–Trinajstić information content (AvgIpc) is 2.47. The predicted molar refractivity (Wildman–Crippen MR) is 89.9 cm³/mol. The Kier molecular flexibility index (Phi) is 12.8. The van der Waals surface area contributed by atoms with Gasteiger partial charge in [0.2, 0.25) is 0 Å². The van der Waals surface area contributed by atoms with Crippen LogP contribution >= 0.6 is 0 Å². The van der Waals surface area contributed by atoms with Gasteiger partial charge in [-0.2, -0.15) is 0 Å². The van der Waals surface area contributed by atoms with E-state index in [-0.39, 0.29) is 114 Å². The Labute approximate surface area is 223 Å². The summed E-state index contributed by atoms with van der Waals surface area (Å²) in [7, 11) is -3.83. The second-order valence-electron chi connectivity index (χ2n) is 4.23. The van der Waals surface area contributed by atoms with E-state index in [2.05, 4.69) is 9.31 Å². The quantitative estimate of drug-likeness (QED) is 0.653. The molecule has 0 amide bonds. The van der Waals surface area contributed by atoms with Crippen LogP contribution in [0.3, 0.4) is 0 Å². The second kappa shape index (κ2) is 12.3. The Morgan fingerprint density at radius 3 is 1.46 bits per heavy atom. The van der Waals surface area contributed by atoms with Crippen LogP contribution in [0.15, 0.2) is 48.5 Å². The SMILES string of the molecule is O=C(OB(O)c1ccccc1F)OB(O)c1ccccc1F.[KH].[KH]. The van der Waals surface area contributed by atoms with Crippen molar-refractivity contribution >= 4 is 134 Å². The van der Waals surface area contributed by atoms with E-state index in [1.807, 2.05) is 0 Å². The summed E-state index contributed by atoms with van der Waals surface area (Å²) in [5.41, 5.74) is -0.556. The second-order valence-corrected chi connectivity index (χ2v) is 4.23. The molecular formula is C13H12B2F2K2O5. The van der Waals surface area contributed by atoms with E-state index in [4.69, 9.17) is 0 Å². The summed E-state index contributed by atoms with van der Waals surface area (Å²) < 4.78 is 35.6. The molecule has 0 bridgehead atoms. The molecule has 0 aliphatic carbocycles. The molecule has 2 aromatic carbocycles. The molecule has 0 fully saturated rings. The van der Waals surface area contributed by atoms with Crippen molar-refractivity contribution < 1.29 is 32.9 Å².